The second-order valence-corrected chi connectivity index (χ2v) is 5.33. The molecule has 0 spiro atoms. The molecule has 0 bridgehead atoms. The Labute approximate surface area is 104 Å². The minimum Gasteiger partial charge on any atom is -0.395 e. The predicted molar refractivity (Wildman–Crippen MR) is 65.0 cm³/mol. The molecule has 1 amide bonds. The Morgan fingerprint density at radius 3 is 2.82 bits per heavy atom. The Hall–Kier alpha value is -1.07. The van der Waals surface area contributed by atoms with Crippen molar-refractivity contribution < 1.29 is 14.3 Å². The molecular weight excluding hydrogens is 241 g/mol. The van der Waals surface area contributed by atoms with Crippen LogP contribution in [0.4, 0.5) is 4.39 Å². The van der Waals surface area contributed by atoms with Crippen molar-refractivity contribution in [3.63, 3.8) is 0 Å². The van der Waals surface area contributed by atoms with Gasteiger partial charge in [-0.25, -0.2) is 4.39 Å². The Bertz CT molecular complexity index is 427. The second kappa shape index (κ2) is 5.06. The molecule has 1 saturated heterocycles. The Kier molecular flexibility index (Phi) is 3.69. The van der Waals surface area contributed by atoms with Crippen molar-refractivity contribution in [3.8, 4) is 0 Å². The number of halogens is 1. The minimum atomic E-state index is -0.328. The fraction of sp³-hybridized carbons (Fsp3) is 0.417. The van der Waals surface area contributed by atoms with Gasteiger partial charge >= 0.3 is 0 Å². The lowest BCUT2D eigenvalue weighted by atomic mass is 10.2. The van der Waals surface area contributed by atoms with E-state index in [2.05, 4.69) is 0 Å². The summed E-state index contributed by atoms with van der Waals surface area (Å²) in [6.45, 7) is 1.94. The maximum absolute atomic E-state index is 13.7. The molecule has 0 saturated carbocycles. The van der Waals surface area contributed by atoms with E-state index >= 15 is 0 Å². The zero-order chi connectivity index (χ0) is 12.4. The quantitative estimate of drug-likeness (QED) is 0.895. The van der Waals surface area contributed by atoms with Crippen LogP contribution in [0.3, 0.4) is 0 Å². The molecule has 0 aromatic heterocycles. The molecule has 1 aliphatic heterocycles. The predicted octanol–water partition coefficient (Wildman–Crippen LogP) is 1.78. The van der Waals surface area contributed by atoms with Crippen LogP contribution in [-0.2, 0) is 4.79 Å². The molecule has 92 valence electrons. The summed E-state index contributed by atoms with van der Waals surface area (Å²) in [4.78, 5) is 13.4. The maximum atomic E-state index is 13.7. The summed E-state index contributed by atoms with van der Waals surface area (Å²) in [7, 11) is 0. The van der Waals surface area contributed by atoms with E-state index in [4.69, 9.17) is 5.11 Å². The molecule has 1 heterocycles. The first-order valence-corrected chi connectivity index (χ1v) is 6.40. The number of carbonyl (C=O) groups excluding carboxylic acids is 1. The highest BCUT2D eigenvalue weighted by Gasteiger charge is 2.38. The number of aliphatic hydroxyl groups is 1. The average Bonchev–Trinajstić information content (AvgIpc) is 2.58. The van der Waals surface area contributed by atoms with Crippen LogP contribution in [0, 0.1) is 5.82 Å². The van der Waals surface area contributed by atoms with Gasteiger partial charge in [0.2, 0.25) is 5.91 Å². The van der Waals surface area contributed by atoms with Crippen molar-refractivity contribution in [3.05, 3.63) is 35.6 Å². The van der Waals surface area contributed by atoms with Gasteiger partial charge in [0.05, 0.1) is 11.9 Å². The van der Waals surface area contributed by atoms with Crippen LogP contribution in [0.2, 0.25) is 0 Å². The number of rotatable bonds is 3. The highest BCUT2D eigenvalue weighted by Crippen LogP contribution is 2.43. The molecule has 2 atom stereocenters. The van der Waals surface area contributed by atoms with E-state index in [1.165, 1.54) is 22.7 Å². The summed E-state index contributed by atoms with van der Waals surface area (Å²) in [6, 6.07) is 6.45. The van der Waals surface area contributed by atoms with Crippen molar-refractivity contribution in [1.82, 2.24) is 4.90 Å². The van der Waals surface area contributed by atoms with Gasteiger partial charge in [-0.3, -0.25) is 4.79 Å². The Morgan fingerprint density at radius 1 is 1.47 bits per heavy atom. The summed E-state index contributed by atoms with van der Waals surface area (Å²) in [5.41, 5.74) is 0.503. The summed E-state index contributed by atoms with van der Waals surface area (Å²) < 4.78 is 13.7. The molecule has 5 heteroatoms. The fourth-order valence-corrected chi connectivity index (χ4v) is 3.26. The number of aliphatic hydroxyl groups excluding tert-OH is 1. The molecule has 1 N–H and O–H groups in total. The topological polar surface area (TPSA) is 40.5 Å². The molecule has 1 aromatic rings. The lowest BCUT2D eigenvalue weighted by molar-refractivity contribution is -0.130. The van der Waals surface area contributed by atoms with Crippen molar-refractivity contribution in [2.75, 3.05) is 13.2 Å². The molecule has 2 unspecified atom stereocenters. The normalized spacial score (nSPS) is 24.4. The van der Waals surface area contributed by atoms with Gasteiger partial charge in [0, 0.05) is 12.1 Å². The molecule has 0 aliphatic carbocycles. The molecule has 1 aromatic carbocycles. The van der Waals surface area contributed by atoms with Crippen molar-refractivity contribution in [2.45, 2.75) is 17.5 Å². The number of hydrogen-bond donors (Lipinski definition) is 1. The first kappa shape index (κ1) is 12.4. The number of thioether (sulfide) groups is 1. The van der Waals surface area contributed by atoms with Crippen molar-refractivity contribution in [1.29, 1.82) is 0 Å². The molecular formula is C12H14FNO2S. The number of carbonyl (C=O) groups is 1. The van der Waals surface area contributed by atoms with Crippen molar-refractivity contribution in [2.24, 2.45) is 0 Å². The smallest absolute Gasteiger partial charge is 0.236 e. The highest BCUT2D eigenvalue weighted by molar-refractivity contribution is 8.01. The summed E-state index contributed by atoms with van der Waals surface area (Å²) >= 11 is 1.41. The second-order valence-electron chi connectivity index (χ2n) is 3.91. The molecule has 1 fully saturated rings. The lowest BCUT2D eigenvalue weighted by Crippen LogP contribution is -2.33. The van der Waals surface area contributed by atoms with Gasteiger partial charge in [-0.15, -0.1) is 11.8 Å². The third-order valence-corrected chi connectivity index (χ3v) is 4.14. The van der Waals surface area contributed by atoms with Crippen LogP contribution in [0.25, 0.3) is 0 Å². The number of nitrogens with zero attached hydrogens (tertiary/aromatic N) is 1. The average molecular weight is 255 g/mol. The number of amides is 1. The maximum Gasteiger partial charge on any atom is 0.236 e. The van der Waals surface area contributed by atoms with E-state index in [0.717, 1.165) is 0 Å². The van der Waals surface area contributed by atoms with Gasteiger partial charge in [-0.1, -0.05) is 18.2 Å². The standard InChI is InChI=1S/C12H14FNO2S/c1-8-11(16)14(6-7-15)12(17-8)9-4-2-3-5-10(9)13/h2-5,8,12,15H,6-7H2,1H3. The minimum absolute atomic E-state index is 0.0442. The van der Waals surface area contributed by atoms with E-state index in [9.17, 15) is 9.18 Å². The summed E-state index contributed by atoms with van der Waals surface area (Å²) in [5.74, 6) is -0.354. The number of benzene rings is 1. The van der Waals surface area contributed by atoms with Crippen LogP contribution in [0.15, 0.2) is 24.3 Å². The summed E-state index contributed by atoms with van der Waals surface area (Å²) in [5, 5.41) is 8.45. The molecule has 2 rings (SSSR count). The van der Waals surface area contributed by atoms with Crippen molar-refractivity contribution >= 4 is 17.7 Å². The van der Waals surface area contributed by atoms with Crippen LogP contribution in [0.1, 0.15) is 17.9 Å². The number of hydrogen-bond acceptors (Lipinski definition) is 3. The van der Waals surface area contributed by atoms with Gasteiger partial charge in [-0.2, -0.15) is 0 Å². The van der Waals surface area contributed by atoms with Crippen LogP contribution in [-0.4, -0.2) is 34.3 Å². The van der Waals surface area contributed by atoms with E-state index in [-0.39, 0.29) is 35.5 Å². The number of β-amino-alcohol motifs (C(OH)–C–C–N with tert-alkyl or cyclic N) is 1. The third kappa shape index (κ3) is 2.30. The highest BCUT2D eigenvalue weighted by atomic mass is 32.2. The first-order chi connectivity index (χ1) is 8.15. The van der Waals surface area contributed by atoms with E-state index in [1.807, 2.05) is 0 Å². The van der Waals surface area contributed by atoms with Crippen LogP contribution in [0.5, 0.6) is 0 Å². The lowest BCUT2D eigenvalue weighted by Gasteiger charge is -2.23. The van der Waals surface area contributed by atoms with E-state index in [0.29, 0.717) is 5.56 Å². The van der Waals surface area contributed by atoms with Gasteiger partial charge in [0.1, 0.15) is 11.2 Å². The third-order valence-electron chi connectivity index (χ3n) is 2.76. The molecule has 0 radical (unpaired) electrons. The van der Waals surface area contributed by atoms with Gasteiger partial charge in [0.25, 0.3) is 0 Å². The van der Waals surface area contributed by atoms with Crippen LogP contribution < -0.4 is 0 Å². The molecule has 17 heavy (non-hydrogen) atoms. The first-order valence-electron chi connectivity index (χ1n) is 5.46. The zero-order valence-corrected chi connectivity index (χ0v) is 10.3. The van der Waals surface area contributed by atoms with E-state index in [1.54, 1.807) is 25.1 Å². The largest absolute Gasteiger partial charge is 0.395 e. The van der Waals surface area contributed by atoms with Gasteiger partial charge < -0.3 is 10.0 Å². The fourth-order valence-electron chi connectivity index (χ4n) is 1.93. The summed E-state index contributed by atoms with van der Waals surface area (Å²) in [6.07, 6.45) is 0. The molecule has 3 nitrogen and oxygen atoms in total. The van der Waals surface area contributed by atoms with Crippen LogP contribution >= 0.6 is 11.8 Å². The molecule has 1 aliphatic rings. The van der Waals surface area contributed by atoms with E-state index < -0.39 is 0 Å². The SMILES string of the molecule is CC1SC(c2ccccc2F)N(CCO)C1=O. The van der Waals surface area contributed by atoms with Gasteiger partial charge in [0.15, 0.2) is 0 Å². The zero-order valence-electron chi connectivity index (χ0n) is 9.47. The Morgan fingerprint density at radius 2 is 2.18 bits per heavy atom. The van der Waals surface area contributed by atoms with Gasteiger partial charge in [-0.05, 0) is 13.0 Å². The monoisotopic (exact) mass is 255 g/mol. The Balaban J connectivity index is 2.31.